The maximum absolute atomic E-state index is 10.7. The zero-order chi connectivity index (χ0) is 8.10. The molecule has 0 radical (unpaired) electrons. The molecule has 0 spiro atoms. The fourth-order valence-corrected chi connectivity index (χ4v) is 1.37. The molecule has 0 aliphatic carbocycles. The van der Waals surface area contributed by atoms with E-state index in [2.05, 4.69) is 10.7 Å². The first-order chi connectivity index (χ1) is 5.33. The van der Waals surface area contributed by atoms with Gasteiger partial charge in [0.15, 0.2) is 0 Å². The second-order valence-corrected chi connectivity index (χ2v) is 2.97. The number of amides is 1. The van der Waals surface area contributed by atoms with E-state index in [0.29, 0.717) is 12.3 Å². The highest BCUT2D eigenvalue weighted by Crippen LogP contribution is 2.13. The van der Waals surface area contributed by atoms with Crippen molar-refractivity contribution in [2.45, 2.75) is 19.3 Å². The molecule has 1 atom stereocenters. The van der Waals surface area contributed by atoms with Crippen LogP contribution in [0.3, 0.4) is 0 Å². The molecular weight excluding hydrogens is 142 g/mol. The molecule has 4 nitrogen and oxygen atoms in total. The molecule has 1 aliphatic heterocycles. The average molecular weight is 157 g/mol. The van der Waals surface area contributed by atoms with Gasteiger partial charge in [-0.3, -0.25) is 10.2 Å². The van der Waals surface area contributed by atoms with E-state index >= 15 is 0 Å². The standard InChI is InChI=1S/C7H15N3O/c8-10-7(11)2-1-6-3-4-9-5-6/h6,9H,1-5,8H2,(H,10,11). The minimum atomic E-state index is -0.0584. The smallest absolute Gasteiger partial charge is 0.233 e. The van der Waals surface area contributed by atoms with Gasteiger partial charge in [-0.15, -0.1) is 0 Å². The molecule has 0 aromatic heterocycles. The molecule has 4 N–H and O–H groups in total. The Morgan fingerprint density at radius 1 is 1.73 bits per heavy atom. The molecule has 1 saturated heterocycles. The zero-order valence-electron chi connectivity index (χ0n) is 6.60. The molecule has 4 heteroatoms. The van der Waals surface area contributed by atoms with Gasteiger partial charge in [-0.25, -0.2) is 5.84 Å². The summed E-state index contributed by atoms with van der Waals surface area (Å²) in [5, 5.41) is 3.25. The van der Waals surface area contributed by atoms with Crippen molar-refractivity contribution in [1.82, 2.24) is 10.7 Å². The minimum absolute atomic E-state index is 0.0584. The number of hydrazine groups is 1. The summed E-state index contributed by atoms with van der Waals surface area (Å²) >= 11 is 0. The van der Waals surface area contributed by atoms with Gasteiger partial charge in [-0.05, 0) is 31.8 Å². The fourth-order valence-electron chi connectivity index (χ4n) is 1.37. The molecule has 1 aliphatic rings. The summed E-state index contributed by atoms with van der Waals surface area (Å²) in [5.74, 6) is 5.56. The largest absolute Gasteiger partial charge is 0.316 e. The second-order valence-electron chi connectivity index (χ2n) is 2.97. The third kappa shape index (κ3) is 2.86. The van der Waals surface area contributed by atoms with Gasteiger partial charge >= 0.3 is 0 Å². The van der Waals surface area contributed by atoms with Gasteiger partial charge in [0.1, 0.15) is 0 Å². The van der Waals surface area contributed by atoms with Crippen molar-refractivity contribution in [3.63, 3.8) is 0 Å². The lowest BCUT2D eigenvalue weighted by Gasteiger charge is -2.05. The van der Waals surface area contributed by atoms with E-state index in [0.717, 1.165) is 19.5 Å². The predicted molar refractivity (Wildman–Crippen MR) is 42.5 cm³/mol. The third-order valence-corrected chi connectivity index (χ3v) is 2.10. The number of carbonyl (C=O) groups is 1. The Labute approximate surface area is 66.5 Å². The van der Waals surface area contributed by atoms with Crippen LogP contribution in [0.25, 0.3) is 0 Å². The first-order valence-electron chi connectivity index (χ1n) is 4.03. The number of rotatable bonds is 3. The van der Waals surface area contributed by atoms with Gasteiger partial charge < -0.3 is 5.32 Å². The van der Waals surface area contributed by atoms with Gasteiger partial charge in [0.05, 0.1) is 0 Å². The minimum Gasteiger partial charge on any atom is -0.316 e. The van der Waals surface area contributed by atoms with Crippen molar-refractivity contribution < 1.29 is 4.79 Å². The van der Waals surface area contributed by atoms with Crippen molar-refractivity contribution >= 4 is 5.91 Å². The van der Waals surface area contributed by atoms with E-state index in [9.17, 15) is 4.79 Å². The molecule has 1 fully saturated rings. The van der Waals surface area contributed by atoms with Crippen LogP contribution in [0.2, 0.25) is 0 Å². The lowest BCUT2D eigenvalue weighted by molar-refractivity contribution is -0.121. The van der Waals surface area contributed by atoms with Crippen LogP contribution in [0, 0.1) is 5.92 Å². The number of nitrogens with one attached hydrogen (secondary N) is 2. The van der Waals surface area contributed by atoms with Crippen LogP contribution in [0.1, 0.15) is 19.3 Å². The van der Waals surface area contributed by atoms with Crippen molar-refractivity contribution in [2.75, 3.05) is 13.1 Å². The maximum atomic E-state index is 10.7. The van der Waals surface area contributed by atoms with Crippen molar-refractivity contribution in [3.05, 3.63) is 0 Å². The Morgan fingerprint density at radius 3 is 3.09 bits per heavy atom. The molecule has 0 saturated carbocycles. The van der Waals surface area contributed by atoms with E-state index in [-0.39, 0.29) is 5.91 Å². The summed E-state index contributed by atoms with van der Waals surface area (Å²) in [6.07, 6.45) is 2.71. The van der Waals surface area contributed by atoms with Gasteiger partial charge in [-0.2, -0.15) is 0 Å². The quantitative estimate of drug-likeness (QED) is 0.290. The highest BCUT2D eigenvalue weighted by Gasteiger charge is 2.14. The topological polar surface area (TPSA) is 67.1 Å². The molecular formula is C7H15N3O. The van der Waals surface area contributed by atoms with Crippen LogP contribution in [0.4, 0.5) is 0 Å². The number of hydrogen-bond acceptors (Lipinski definition) is 3. The van der Waals surface area contributed by atoms with Gasteiger partial charge in [-0.1, -0.05) is 0 Å². The Kier molecular flexibility index (Phi) is 3.32. The lowest BCUT2D eigenvalue weighted by atomic mass is 10.0. The summed E-state index contributed by atoms with van der Waals surface area (Å²) < 4.78 is 0. The molecule has 0 aromatic carbocycles. The van der Waals surface area contributed by atoms with Crippen LogP contribution in [0.15, 0.2) is 0 Å². The molecule has 1 rings (SSSR count). The van der Waals surface area contributed by atoms with E-state index in [1.54, 1.807) is 0 Å². The Hall–Kier alpha value is -0.610. The molecule has 1 heterocycles. The van der Waals surface area contributed by atoms with Crippen LogP contribution >= 0.6 is 0 Å². The SMILES string of the molecule is NNC(=O)CCC1CCNC1. The number of hydrogen-bond donors (Lipinski definition) is 3. The average Bonchev–Trinajstić information content (AvgIpc) is 2.52. The molecule has 11 heavy (non-hydrogen) atoms. The summed E-state index contributed by atoms with van der Waals surface area (Å²) in [5.41, 5.74) is 2.13. The fraction of sp³-hybridized carbons (Fsp3) is 0.857. The highest BCUT2D eigenvalue weighted by atomic mass is 16.2. The molecule has 64 valence electrons. The van der Waals surface area contributed by atoms with E-state index in [1.165, 1.54) is 6.42 Å². The maximum Gasteiger partial charge on any atom is 0.233 e. The van der Waals surface area contributed by atoms with Crippen LogP contribution in [-0.2, 0) is 4.79 Å². The van der Waals surface area contributed by atoms with Crippen molar-refractivity contribution in [1.29, 1.82) is 0 Å². The predicted octanol–water partition coefficient (Wildman–Crippen LogP) is -0.634. The normalized spacial score (nSPS) is 23.5. The lowest BCUT2D eigenvalue weighted by Crippen LogP contribution is -2.30. The number of carbonyl (C=O) groups excluding carboxylic acids is 1. The second kappa shape index (κ2) is 4.31. The van der Waals surface area contributed by atoms with Crippen LogP contribution < -0.4 is 16.6 Å². The Balaban J connectivity index is 2.06. The molecule has 1 amide bonds. The first-order valence-corrected chi connectivity index (χ1v) is 4.03. The first kappa shape index (κ1) is 8.49. The zero-order valence-corrected chi connectivity index (χ0v) is 6.60. The molecule has 1 unspecified atom stereocenters. The monoisotopic (exact) mass is 157 g/mol. The van der Waals surface area contributed by atoms with Gasteiger partial charge in [0, 0.05) is 6.42 Å². The van der Waals surface area contributed by atoms with Crippen LogP contribution in [0.5, 0.6) is 0 Å². The van der Waals surface area contributed by atoms with E-state index in [1.807, 2.05) is 0 Å². The van der Waals surface area contributed by atoms with E-state index in [4.69, 9.17) is 5.84 Å². The highest BCUT2D eigenvalue weighted by molar-refractivity contribution is 5.75. The summed E-state index contributed by atoms with van der Waals surface area (Å²) in [6.45, 7) is 2.15. The number of nitrogens with two attached hydrogens (primary N) is 1. The third-order valence-electron chi connectivity index (χ3n) is 2.10. The summed E-state index contributed by atoms with van der Waals surface area (Å²) in [6, 6.07) is 0. The molecule has 0 bridgehead atoms. The molecule has 0 aromatic rings. The van der Waals surface area contributed by atoms with E-state index < -0.39 is 0 Å². The summed E-state index contributed by atoms with van der Waals surface area (Å²) in [4.78, 5) is 10.7. The Bertz CT molecular complexity index is 132. The van der Waals surface area contributed by atoms with Crippen molar-refractivity contribution in [2.24, 2.45) is 11.8 Å². The van der Waals surface area contributed by atoms with Gasteiger partial charge in [0.2, 0.25) is 5.91 Å². The summed E-state index contributed by atoms with van der Waals surface area (Å²) in [7, 11) is 0. The van der Waals surface area contributed by atoms with Crippen LogP contribution in [-0.4, -0.2) is 19.0 Å². The van der Waals surface area contributed by atoms with Crippen molar-refractivity contribution in [3.8, 4) is 0 Å². The Morgan fingerprint density at radius 2 is 2.55 bits per heavy atom. The van der Waals surface area contributed by atoms with Gasteiger partial charge in [0.25, 0.3) is 0 Å².